The fourth-order valence-electron chi connectivity index (χ4n) is 1.93. The molecule has 0 radical (unpaired) electrons. The number of nitrogens with one attached hydrogen (secondary N) is 1. The molecule has 1 aromatic carbocycles. The highest BCUT2D eigenvalue weighted by Crippen LogP contribution is 2.13. The number of aryl methyl sites for hydroxylation is 1. The van der Waals surface area contributed by atoms with Gasteiger partial charge in [0.05, 0.1) is 0 Å². The lowest BCUT2D eigenvalue weighted by molar-refractivity contribution is 0.0945. The minimum Gasteiger partial charge on any atom is -0.352 e. The molecule has 1 aromatic rings. The molecule has 1 amide bonds. The average molecular weight is 268 g/mol. The monoisotopic (exact) mass is 267 g/mol. The Morgan fingerprint density at radius 2 is 2.11 bits per heavy atom. The standard InChI is InChI=1S/C15H22ClNO/c1-4-13(8-9-16)10-17-15(18)14-7-5-6-11(2)12(14)3/h5-7,13H,4,8-10H2,1-3H3,(H,17,18). The summed E-state index contributed by atoms with van der Waals surface area (Å²) in [6, 6.07) is 5.82. The number of hydrogen-bond acceptors (Lipinski definition) is 1. The van der Waals surface area contributed by atoms with Crippen molar-refractivity contribution < 1.29 is 4.79 Å². The van der Waals surface area contributed by atoms with E-state index < -0.39 is 0 Å². The lowest BCUT2D eigenvalue weighted by Gasteiger charge is -2.15. The Bertz CT molecular complexity index is 403. The zero-order chi connectivity index (χ0) is 13.5. The smallest absolute Gasteiger partial charge is 0.251 e. The van der Waals surface area contributed by atoms with Gasteiger partial charge in [-0.1, -0.05) is 25.5 Å². The van der Waals surface area contributed by atoms with Crippen LogP contribution in [0.15, 0.2) is 18.2 Å². The van der Waals surface area contributed by atoms with Gasteiger partial charge >= 0.3 is 0 Å². The lowest BCUT2D eigenvalue weighted by Crippen LogP contribution is -2.30. The van der Waals surface area contributed by atoms with Crippen LogP contribution in [0, 0.1) is 19.8 Å². The first-order valence-corrected chi connectivity index (χ1v) is 7.04. The van der Waals surface area contributed by atoms with E-state index in [1.165, 1.54) is 0 Å². The molecule has 0 fully saturated rings. The Kier molecular flexibility index (Phi) is 6.20. The third-order valence-electron chi connectivity index (χ3n) is 3.50. The van der Waals surface area contributed by atoms with Crippen molar-refractivity contribution in [3.05, 3.63) is 34.9 Å². The molecule has 1 rings (SSSR count). The van der Waals surface area contributed by atoms with Crippen LogP contribution in [-0.4, -0.2) is 18.3 Å². The Morgan fingerprint density at radius 3 is 2.72 bits per heavy atom. The van der Waals surface area contributed by atoms with E-state index in [1.54, 1.807) is 0 Å². The second-order valence-electron chi connectivity index (χ2n) is 4.71. The molecular weight excluding hydrogens is 246 g/mol. The van der Waals surface area contributed by atoms with Crippen LogP contribution in [0.5, 0.6) is 0 Å². The number of alkyl halides is 1. The van der Waals surface area contributed by atoms with Crippen molar-refractivity contribution >= 4 is 17.5 Å². The van der Waals surface area contributed by atoms with Crippen LogP contribution in [0.2, 0.25) is 0 Å². The van der Waals surface area contributed by atoms with Gasteiger partial charge in [-0.05, 0) is 43.4 Å². The maximum absolute atomic E-state index is 12.1. The van der Waals surface area contributed by atoms with Crippen molar-refractivity contribution in [2.24, 2.45) is 5.92 Å². The van der Waals surface area contributed by atoms with Crippen molar-refractivity contribution in [1.29, 1.82) is 0 Å². The van der Waals surface area contributed by atoms with Crippen LogP contribution in [0.1, 0.15) is 41.3 Å². The summed E-state index contributed by atoms with van der Waals surface area (Å²) in [4.78, 5) is 12.1. The normalized spacial score (nSPS) is 12.2. The maximum atomic E-state index is 12.1. The number of benzene rings is 1. The van der Waals surface area contributed by atoms with E-state index in [1.807, 2.05) is 32.0 Å². The minimum absolute atomic E-state index is 0.0178. The maximum Gasteiger partial charge on any atom is 0.251 e. The summed E-state index contributed by atoms with van der Waals surface area (Å²) in [7, 11) is 0. The summed E-state index contributed by atoms with van der Waals surface area (Å²) in [6.45, 7) is 6.84. The second-order valence-corrected chi connectivity index (χ2v) is 5.09. The van der Waals surface area contributed by atoms with Gasteiger partial charge in [0, 0.05) is 18.0 Å². The first-order chi connectivity index (χ1) is 8.60. The van der Waals surface area contributed by atoms with Gasteiger partial charge in [0.2, 0.25) is 0 Å². The number of amides is 1. The highest BCUT2D eigenvalue weighted by atomic mass is 35.5. The molecule has 0 bridgehead atoms. The van der Waals surface area contributed by atoms with Crippen molar-refractivity contribution in [3.63, 3.8) is 0 Å². The van der Waals surface area contributed by atoms with Gasteiger partial charge in [0.1, 0.15) is 0 Å². The van der Waals surface area contributed by atoms with Crippen LogP contribution in [0.3, 0.4) is 0 Å². The van der Waals surface area contributed by atoms with E-state index in [0.717, 1.165) is 29.5 Å². The molecule has 3 heteroatoms. The summed E-state index contributed by atoms with van der Waals surface area (Å²) in [5.74, 6) is 1.14. The van der Waals surface area contributed by atoms with Crippen molar-refractivity contribution in [3.8, 4) is 0 Å². The molecule has 0 saturated carbocycles. The Labute approximate surface area is 115 Å². The van der Waals surface area contributed by atoms with Gasteiger partial charge in [-0.2, -0.15) is 0 Å². The fourth-order valence-corrected chi connectivity index (χ4v) is 2.24. The molecular formula is C15H22ClNO. The number of carbonyl (C=O) groups excluding carboxylic acids is 1. The van der Waals surface area contributed by atoms with Crippen LogP contribution < -0.4 is 5.32 Å². The van der Waals surface area contributed by atoms with Gasteiger partial charge in [0.25, 0.3) is 5.91 Å². The Morgan fingerprint density at radius 1 is 1.39 bits per heavy atom. The summed E-state index contributed by atoms with van der Waals surface area (Å²) >= 11 is 5.74. The average Bonchev–Trinajstić information content (AvgIpc) is 2.37. The highest BCUT2D eigenvalue weighted by molar-refractivity contribution is 6.17. The van der Waals surface area contributed by atoms with Crippen molar-refractivity contribution in [2.75, 3.05) is 12.4 Å². The lowest BCUT2D eigenvalue weighted by atomic mass is 10.0. The largest absolute Gasteiger partial charge is 0.352 e. The van der Waals surface area contributed by atoms with E-state index in [4.69, 9.17) is 11.6 Å². The molecule has 100 valence electrons. The Hall–Kier alpha value is -1.02. The molecule has 0 aromatic heterocycles. The minimum atomic E-state index is 0.0178. The quantitative estimate of drug-likeness (QED) is 0.783. The fraction of sp³-hybridized carbons (Fsp3) is 0.533. The molecule has 0 heterocycles. The van der Waals surface area contributed by atoms with Crippen molar-refractivity contribution in [2.45, 2.75) is 33.6 Å². The molecule has 0 aliphatic carbocycles. The Balaban J connectivity index is 2.62. The molecule has 1 atom stereocenters. The molecule has 1 unspecified atom stereocenters. The predicted molar refractivity (Wildman–Crippen MR) is 77.4 cm³/mol. The van der Waals surface area contributed by atoms with E-state index in [0.29, 0.717) is 18.3 Å². The van der Waals surface area contributed by atoms with Gasteiger partial charge < -0.3 is 5.32 Å². The number of carbonyl (C=O) groups is 1. The third kappa shape index (κ3) is 4.02. The van der Waals surface area contributed by atoms with Crippen LogP contribution >= 0.6 is 11.6 Å². The number of halogens is 1. The second kappa shape index (κ2) is 7.42. The summed E-state index contributed by atoms with van der Waals surface area (Å²) in [5, 5.41) is 3.01. The first kappa shape index (κ1) is 15.0. The summed E-state index contributed by atoms with van der Waals surface area (Å²) in [6.07, 6.45) is 1.99. The molecule has 2 nitrogen and oxygen atoms in total. The zero-order valence-electron chi connectivity index (χ0n) is 11.4. The predicted octanol–water partition coefficient (Wildman–Crippen LogP) is 3.69. The van der Waals surface area contributed by atoms with E-state index in [2.05, 4.69) is 12.2 Å². The third-order valence-corrected chi connectivity index (χ3v) is 3.71. The summed E-state index contributed by atoms with van der Waals surface area (Å²) in [5.41, 5.74) is 2.98. The number of hydrogen-bond donors (Lipinski definition) is 1. The number of rotatable bonds is 6. The molecule has 1 N–H and O–H groups in total. The van der Waals surface area contributed by atoms with Gasteiger partial charge in [-0.3, -0.25) is 4.79 Å². The first-order valence-electron chi connectivity index (χ1n) is 6.50. The summed E-state index contributed by atoms with van der Waals surface area (Å²) < 4.78 is 0. The van der Waals surface area contributed by atoms with E-state index in [-0.39, 0.29) is 5.91 Å². The molecule has 0 saturated heterocycles. The van der Waals surface area contributed by atoms with Crippen LogP contribution in [0.25, 0.3) is 0 Å². The molecule has 0 aliphatic heterocycles. The van der Waals surface area contributed by atoms with Crippen LogP contribution in [-0.2, 0) is 0 Å². The van der Waals surface area contributed by atoms with Crippen molar-refractivity contribution in [1.82, 2.24) is 5.32 Å². The highest BCUT2D eigenvalue weighted by Gasteiger charge is 2.12. The van der Waals surface area contributed by atoms with E-state index >= 15 is 0 Å². The molecule has 0 aliphatic rings. The zero-order valence-corrected chi connectivity index (χ0v) is 12.2. The SMILES string of the molecule is CCC(CCCl)CNC(=O)c1cccc(C)c1C. The van der Waals surface area contributed by atoms with Gasteiger partial charge in [-0.15, -0.1) is 11.6 Å². The van der Waals surface area contributed by atoms with Gasteiger partial charge in [0.15, 0.2) is 0 Å². The van der Waals surface area contributed by atoms with Gasteiger partial charge in [-0.25, -0.2) is 0 Å². The molecule has 18 heavy (non-hydrogen) atoms. The topological polar surface area (TPSA) is 29.1 Å². The molecule has 0 spiro atoms. The van der Waals surface area contributed by atoms with Crippen LogP contribution in [0.4, 0.5) is 0 Å². The van der Waals surface area contributed by atoms with E-state index in [9.17, 15) is 4.79 Å².